The molecule has 1 nitrogen and oxygen atoms in total. The van der Waals surface area contributed by atoms with Crippen LogP contribution >= 0.6 is 0 Å². The summed E-state index contributed by atoms with van der Waals surface area (Å²) in [5.74, 6) is 0. The summed E-state index contributed by atoms with van der Waals surface area (Å²) in [6.07, 6.45) is 12.6. The van der Waals surface area contributed by atoms with Crippen molar-refractivity contribution in [3.63, 3.8) is 0 Å². The first-order valence-electron chi connectivity index (χ1n) is 8.36. The van der Waals surface area contributed by atoms with E-state index < -0.39 is 0 Å². The van der Waals surface area contributed by atoms with Gasteiger partial charge in [-0.3, -0.25) is 0 Å². The van der Waals surface area contributed by atoms with Gasteiger partial charge in [0.2, 0.25) is 0 Å². The Bertz CT molecular complexity index is 509. The van der Waals surface area contributed by atoms with Crippen molar-refractivity contribution < 1.29 is 0 Å². The molecule has 20 heavy (non-hydrogen) atoms. The van der Waals surface area contributed by atoms with E-state index in [9.17, 15) is 0 Å². The highest BCUT2D eigenvalue weighted by atomic mass is 14.7. The number of rotatable bonds is 1. The molecule has 1 heteroatoms. The predicted octanol–water partition coefficient (Wildman–Crippen LogP) is 5.95. The molecule has 3 rings (SSSR count). The summed E-state index contributed by atoms with van der Waals surface area (Å²) < 4.78 is 0. The van der Waals surface area contributed by atoms with Gasteiger partial charge in [0.05, 0.1) is 0 Å². The molecule has 1 aliphatic rings. The molecule has 1 saturated carbocycles. The third-order valence-electron chi connectivity index (χ3n) is 5.14. The summed E-state index contributed by atoms with van der Waals surface area (Å²) in [5, 5.41) is 1.36. The van der Waals surface area contributed by atoms with Crippen molar-refractivity contribution in [3.05, 3.63) is 36.0 Å². The summed E-state index contributed by atoms with van der Waals surface area (Å²) >= 11 is 0. The van der Waals surface area contributed by atoms with Crippen molar-refractivity contribution >= 4 is 10.9 Å². The van der Waals surface area contributed by atoms with Crippen molar-refractivity contribution in [2.75, 3.05) is 0 Å². The van der Waals surface area contributed by atoms with E-state index in [1.54, 1.807) is 0 Å². The van der Waals surface area contributed by atoms with Crippen LogP contribution in [0.5, 0.6) is 0 Å². The Morgan fingerprint density at radius 1 is 0.850 bits per heavy atom. The number of aromatic nitrogens is 1. The minimum atomic E-state index is 0.344. The van der Waals surface area contributed by atoms with Crippen molar-refractivity contribution in [1.29, 1.82) is 0 Å². The van der Waals surface area contributed by atoms with Gasteiger partial charge in [0, 0.05) is 16.6 Å². The maximum absolute atomic E-state index is 3.69. The average molecular weight is 269 g/mol. The molecule has 1 N–H and O–H groups in total. The molecule has 2 aromatic rings. The van der Waals surface area contributed by atoms with Crippen LogP contribution in [-0.2, 0) is 5.41 Å². The predicted molar refractivity (Wildman–Crippen MR) is 87.2 cm³/mol. The molecular weight excluding hydrogens is 242 g/mol. The van der Waals surface area contributed by atoms with E-state index in [0.717, 1.165) is 0 Å². The monoisotopic (exact) mass is 269 g/mol. The fourth-order valence-corrected chi connectivity index (χ4v) is 3.71. The minimum absolute atomic E-state index is 0.344. The molecule has 0 saturated heterocycles. The smallest absolute Gasteiger partial charge is 0.0456 e. The lowest BCUT2D eigenvalue weighted by Gasteiger charge is -2.30. The van der Waals surface area contributed by atoms with Gasteiger partial charge < -0.3 is 4.98 Å². The molecule has 0 spiro atoms. The fraction of sp³-hybridized carbons (Fsp3) is 0.579. The Morgan fingerprint density at radius 2 is 1.45 bits per heavy atom. The number of benzene rings is 1. The first kappa shape index (κ1) is 13.7. The summed E-state index contributed by atoms with van der Waals surface area (Å²) in [6, 6.07) is 11.1. The first-order valence-corrected chi connectivity index (χ1v) is 8.36. The Kier molecular flexibility index (Phi) is 4.14. The standard InChI is InChI=1S/C19H27N/c1-19(13-9-5-3-2-4-6-10-14-19)18-15-16-11-7-8-12-17(16)20-18/h7-8,11-12,15,20H,2-6,9-10,13-14H2,1H3. The molecule has 1 aromatic heterocycles. The minimum Gasteiger partial charge on any atom is -0.358 e. The number of hydrogen-bond donors (Lipinski definition) is 1. The van der Waals surface area contributed by atoms with E-state index in [-0.39, 0.29) is 0 Å². The third kappa shape index (κ3) is 2.92. The van der Waals surface area contributed by atoms with Crippen LogP contribution in [0.4, 0.5) is 0 Å². The summed E-state index contributed by atoms with van der Waals surface area (Å²) in [7, 11) is 0. The second-order valence-corrected chi connectivity index (χ2v) is 6.81. The molecule has 1 fully saturated rings. The Labute approximate surface area is 122 Å². The maximum Gasteiger partial charge on any atom is 0.0456 e. The lowest BCUT2D eigenvalue weighted by Crippen LogP contribution is -2.23. The lowest BCUT2D eigenvalue weighted by molar-refractivity contribution is 0.345. The van der Waals surface area contributed by atoms with Gasteiger partial charge in [-0.2, -0.15) is 0 Å². The molecule has 0 bridgehead atoms. The van der Waals surface area contributed by atoms with Crippen LogP contribution in [0.15, 0.2) is 30.3 Å². The quantitative estimate of drug-likeness (QED) is 0.658. The summed E-state index contributed by atoms with van der Waals surface area (Å²) in [5.41, 5.74) is 3.09. The molecule has 0 aliphatic heterocycles. The fourth-order valence-electron chi connectivity index (χ4n) is 3.71. The van der Waals surface area contributed by atoms with Crippen molar-refractivity contribution in [1.82, 2.24) is 4.98 Å². The van der Waals surface area contributed by atoms with E-state index in [4.69, 9.17) is 0 Å². The number of hydrogen-bond acceptors (Lipinski definition) is 0. The molecule has 0 unspecified atom stereocenters. The van der Waals surface area contributed by atoms with Gasteiger partial charge in [0.15, 0.2) is 0 Å². The Balaban J connectivity index is 1.86. The van der Waals surface area contributed by atoms with Crippen LogP contribution in [0, 0.1) is 0 Å². The first-order chi connectivity index (χ1) is 9.78. The van der Waals surface area contributed by atoms with E-state index in [1.807, 2.05) is 0 Å². The van der Waals surface area contributed by atoms with Crippen LogP contribution in [0.25, 0.3) is 10.9 Å². The zero-order valence-electron chi connectivity index (χ0n) is 12.8. The van der Waals surface area contributed by atoms with Gasteiger partial charge in [0.25, 0.3) is 0 Å². The van der Waals surface area contributed by atoms with Crippen molar-refractivity contribution in [2.45, 2.75) is 70.1 Å². The Morgan fingerprint density at radius 3 is 2.10 bits per heavy atom. The second-order valence-electron chi connectivity index (χ2n) is 6.81. The number of H-pyrrole nitrogens is 1. The molecule has 108 valence electrons. The molecule has 0 amide bonds. The summed E-state index contributed by atoms with van der Waals surface area (Å²) in [4.78, 5) is 3.69. The van der Waals surface area contributed by atoms with Crippen molar-refractivity contribution in [3.8, 4) is 0 Å². The van der Waals surface area contributed by atoms with E-state index >= 15 is 0 Å². The lowest BCUT2D eigenvalue weighted by atomic mass is 9.76. The number of fused-ring (bicyclic) bond motifs is 1. The SMILES string of the molecule is CC1(c2cc3ccccc3[nH]2)CCCCCCCCC1. The third-order valence-corrected chi connectivity index (χ3v) is 5.14. The second kappa shape index (κ2) is 6.03. The number of nitrogens with one attached hydrogen (secondary N) is 1. The molecule has 1 aliphatic carbocycles. The molecule has 0 radical (unpaired) electrons. The van der Waals surface area contributed by atoms with Gasteiger partial charge in [-0.05, 0) is 30.4 Å². The van der Waals surface area contributed by atoms with Crippen molar-refractivity contribution in [2.24, 2.45) is 0 Å². The van der Waals surface area contributed by atoms with Crippen LogP contribution in [-0.4, -0.2) is 4.98 Å². The van der Waals surface area contributed by atoms with Crippen LogP contribution in [0.3, 0.4) is 0 Å². The molecular formula is C19H27N. The van der Waals surface area contributed by atoms with E-state index in [1.165, 1.54) is 74.4 Å². The molecule has 0 atom stereocenters. The highest BCUT2D eigenvalue weighted by Gasteiger charge is 2.27. The number of para-hydroxylation sites is 1. The van der Waals surface area contributed by atoms with E-state index in [0.29, 0.717) is 5.41 Å². The van der Waals surface area contributed by atoms with Crippen LogP contribution < -0.4 is 0 Å². The highest BCUT2D eigenvalue weighted by molar-refractivity contribution is 5.80. The number of aromatic amines is 1. The topological polar surface area (TPSA) is 15.8 Å². The largest absolute Gasteiger partial charge is 0.358 e. The van der Waals surface area contributed by atoms with Gasteiger partial charge >= 0.3 is 0 Å². The van der Waals surface area contributed by atoms with E-state index in [2.05, 4.69) is 42.2 Å². The van der Waals surface area contributed by atoms with Gasteiger partial charge in [0.1, 0.15) is 0 Å². The van der Waals surface area contributed by atoms with Crippen LogP contribution in [0.1, 0.15) is 70.4 Å². The summed E-state index contributed by atoms with van der Waals surface area (Å²) in [6.45, 7) is 2.47. The molecule has 1 aromatic carbocycles. The van der Waals surface area contributed by atoms with Crippen LogP contribution in [0.2, 0.25) is 0 Å². The maximum atomic E-state index is 3.69. The zero-order chi connectivity index (χ0) is 13.8. The van der Waals surface area contributed by atoms with Gasteiger partial charge in [-0.15, -0.1) is 0 Å². The zero-order valence-corrected chi connectivity index (χ0v) is 12.8. The van der Waals surface area contributed by atoms with Gasteiger partial charge in [-0.1, -0.05) is 70.1 Å². The highest BCUT2D eigenvalue weighted by Crippen LogP contribution is 2.37. The molecule has 1 heterocycles. The normalized spacial score (nSPS) is 20.9. The Hall–Kier alpha value is -1.24. The average Bonchev–Trinajstić information content (AvgIpc) is 2.91. The van der Waals surface area contributed by atoms with Gasteiger partial charge in [-0.25, -0.2) is 0 Å².